The maximum atomic E-state index is 11.9. The first-order valence-corrected chi connectivity index (χ1v) is 6.13. The lowest BCUT2D eigenvalue weighted by atomic mass is 10.1. The van der Waals surface area contributed by atoms with E-state index in [-0.39, 0.29) is 11.9 Å². The first kappa shape index (κ1) is 13.2. The third-order valence-electron chi connectivity index (χ3n) is 2.90. The standard InChI is InChI=1S/C13H16N4O2/c1-4-19-13(18)12-16-15-10(3)17(12)9(2)11-5-7-14-8-6-11/h5-9H,4H2,1-3H3. The second kappa shape index (κ2) is 5.60. The fraction of sp³-hybridized carbons (Fsp3) is 0.385. The van der Waals surface area contributed by atoms with Crippen LogP contribution in [0, 0.1) is 6.92 Å². The fourth-order valence-electron chi connectivity index (χ4n) is 1.96. The summed E-state index contributed by atoms with van der Waals surface area (Å²) in [6.45, 7) is 5.87. The van der Waals surface area contributed by atoms with E-state index < -0.39 is 5.97 Å². The lowest BCUT2D eigenvalue weighted by molar-refractivity contribution is 0.0504. The second-order valence-electron chi connectivity index (χ2n) is 4.12. The normalized spacial score (nSPS) is 12.2. The Kier molecular flexibility index (Phi) is 3.89. The molecule has 2 aromatic heterocycles. The average Bonchev–Trinajstić information content (AvgIpc) is 2.81. The number of carbonyl (C=O) groups is 1. The molecule has 0 bridgehead atoms. The van der Waals surface area contributed by atoms with Crippen LogP contribution in [0.25, 0.3) is 0 Å². The van der Waals surface area contributed by atoms with Crippen molar-refractivity contribution >= 4 is 5.97 Å². The second-order valence-corrected chi connectivity index (χ2v) is 4.12. The Hall–Kier alpha value is -2.24. The van der Waals surface area contributed by atoms with Gasteiger partial charge in [-0.3, -0.25) is 9.55 Å². The molecule has 1 atom stereocenters. The van der Waals surface area contributed by atoms with Crippen molar-refractivity contribution in [2.75, 3.05) is 6.61 Å². The molecule has 6 nitrogen and oxygen atoms in total. The van der Waals surface area contributed by atoms with Gasteiger partial charge in [0.25, 0.3) is 0 Å². The molecule has 0 aliphatic heterocycles. The van der Waals surface area contributed by atoms with Gasteiger partial charge in [0, 0.05) is 12.4 Å². The van der Waals surface area contributed by atoms with E-state index >= 15 is 0 Å². The Labute approximate surface area is 111 Å². The molecule has 0 aliphatic rings. The first-order valence-electron chi connectivity index (χ1n) is 6.13. The van der Waals surface area contributed by atoms with Crippen LogP contribution in [0.15, 0.2) is 24.5 Å². The topological polar surface area (TPSA) is 69.9 Å². The molecule has 1 unspecified atom stereocenters. The number of nitrogens with zero attached hydrogens (tertiary/aromatic N) is 4. The van der Waals surface area contributed by atoms with E-state index in [4.69, 9.17) is 4.74 Å². The van der Waals surface area contributed by atoms with Crippen molar-refractivity contribution < 1.29 is 9.53 Å². The molecule has 0 saturated heterocycles. The predicted octanol–water partition coefficient (Wildman–Crippen LogP) is 1.77. The van der Waals surface area contributed by atoms with Gasteiger partial charge in [-0.05, 0) is 38.5 Å². The van der Waals surface area contributed by atoms with Crippen LogP contribution in [0.5, 0.6) is 0 Å². The van der Waals surface area contributed by atoms with Gasteiger partial charge in [0.2, 0.25) is 5.82 Å². The molecule has 2 rings (SSSR count). The monoisotopic (exact) mass is 260 g/mol. The van der Waals surface area contributed by atoms with Crippen LogP contribution in [-0.4, -0.2) is 32.3 Å². The Morgan fingerprint density at radius 1 is 1.37 bits per heavy atom. The minimum atomic E-state index is -0.455. The molecular formula is C13H16N4O2. The molecule has 0 aromatic carbocycles. The third-order valence-corrected chi connectivity index (χ3v) is 2.90. The van der Waals surface area contributed by atoms with Gasteiger partial charge in [-0.25, -0.2) is 4.79 Å². The molecule has 100 valence electrons. The first-order chi connectivity index (χ1) is 9.15. The summed E-state index contributed by atoms with van der Waals surface area (Å²) in [7, 11) is 0. The highest BCUT2D eigenvalue weighted by molar-refractivity contribution is 5.85. The van der Waals surface area contributed by atoms with E-state index in [1.54, 1.807) is 23.9 Å². The van der Waals surface area contributed by atoms with Gasteiger partial charge in [-0.1, -0.05) is 0 Å². The number of esters is 1. The number of aromatic nitrogens is 4. The van der Waals surface area contributed by atoms with Crippen molar-refractivity contribution in [3.05, 3.63) is 41.7 Å². The highest BCUT2D eigenvalue weighted by atomic mass is 16.5. The molecule has 0 radical (unpaired) electrons. The van der Waals surface area contributed by atoms with E-state index in [0.29, 0.717) is 12.4 Å². The fourth-order valence-corrected chi connectivity index (χ4v) is 1.96. The molecule has 6 heteroatoms. The Bertz CT molecular complexity index is 565. The summed E-state index contributed by atoms with van der Waals surface area (Å²) < 4.78 is 6.76. The van der Waals surface area contributed by atoms with Crippen LogP contribution >= 0.6 is 0 Å². The molecule has 0 amide bonds. The van der Waals surface area contributed by atoms with E-state index in [1.807, 2.05) is 26.0 Å². The Morgan fingerprint density at radius 3 is 2.68 bits per heavy atom. The Morgan fingerprint density at radius 2 is 2.05 bits per heavy atom. The van der Waals surface area contributed by atoms with Crippen LogP contribution in [0.3, 0.4) is 0 Å². The number of carbonyl (C=O) groups excluding carboxylic acids is 1. The predicted molar refractivity (Wildman–Crippen MR) is 68.8 cm³/mol. The summed E-state index contributed by atoms with van der Waals surface area (Å²) in [5.74, 6) is 0.444. The molecule has 0 saturated carbocycles. The maximum Gasteiger partial charge on any atom is 0.376 e. The van der Waals surface area contributed by atoms with Gasteiger partial charge >= 0.3 is 5.97 Å². The number of pyridine rings is 1. The average molecular weight is 260 g/mol. The Balaban J connectivity index is 2.39. The van der Waals surface area contributed by atoms with E-state index in [0.717, 1.165) is 5.56 Å². The molecule has 2 heterocycles. The largest absolute Gasteiger partial charge is 0.460 e. The summed E-state index contributed by atoms with van der Waals surface area (Å²) in [5, 5.41) is 7.87. The molecule has 0 aliphatic carbocycles. The number of aryl methyl sites for hydroxylation is 1. The summed E-state index contributed by atoms with van der Waals surface area (Å²) >= 11 is 0. The smallest absolute Gasteiger partial charge is 0.376 e. The summed E-state index contributed by atoms with van der Waals surface area (Å²) in [4.78, 5) is 15.8. The highest BCUT2D eigenvalue weighted by Crippen LogP contribution is 2.20. The molecule has 0 spiro atoms. The van der Waals surface area contributed by atoms with E-state index in [1.165, 1.54) is 0 Å². The van der Waals surface area contributed by atoms with Crippen LogP contribution in [0.1, 0.15) is 41.9 Å². The van der Waals surface area contributed by atoms with Crippen molar-refractivity contribution in [2.45, 2.75) is 26.8 Å². The lowest BCUT2D eigenvalue weighted by Crippen LogP contribution is -2.18. The van der Waals surface area contributed by atoms with Crippen LogP contribution in [-0.2, 0) is 4.74 Å². The van der Waals surface area contributed by atoms with Gasteiger partial charge in [-0.15, -0.1) is 10.2 Å². The van der Waals surface area contributed by atoms with Gasteiger partial charge < -0.3 is 4.74 Å². The molecular weight excluding hydrogens is 244 g/mol. The summed E-state index contributed by atoms with van der Waals surface area (Å²) in [6, 6.07) is 3.75. The van der Waals surface area contributed by atoms with Crippen molar-refractivity contribution in [1.29, 1.82) is 0 Å². The van der Waals surface area contributed by atoms with Crippen molar-refractivity contribution in [2.24, 2.45) is 0 Å². The van der Waals surface area contributed by atoms with Crippen LogP contribution < -0.4 is 0 Å². The zero-order valence-electron chi connectivity index (χ0n) is 11.2. The zero-order valence-corrected chi connectivity index (χ0v) is 11.2. The number of hydrogen-bond acceptors (Lipinski definition) is 5. The summed E-state index contributed by atoms with van der Waals surface area (Å²) in [6.07, 6.45) is 3.44. The van der Waals surface area contributed by atoms with Crippen molar-refractivity contribution in [3.8, 4) is 0 Å². The van der Waals surface area contributed by atoms with Gasteiger partial charge in [0.05, 0.1) is 12.6 Å². The highest BCUT2D eigenvalue weighted by Gasteiger charge is 2.22. The minimum Gasteiger partial charge on any atom is -0.460 e. The minimum absolute atomic E-state index is 0.0580. The molecule has 0 N–H and O–H groups in total. The SMILES string of the molecule is CCOC(=O)c1nnc(C)n1C(C)c1ccncc1. The third kappa shape index (κ3) is 2.62. The van der Waals surface area contributed by atoms with Crippen molar-refractivity contribution in [1.82, 2.24) is 19.7 Å². The molecule has 2 aromatic rings. The van der Waals surface area contributed by atoms with Crippen molar-refractivity contribution in [3.63, 3.8) is 0 Å². The molecule has 0 fully saturated rings. The lowest BCUT2D eigenvalue weighted by Gasteiger charge is -2.16. The van der Waals surface area contributed by atoms with Gasteiger partial charge in [-0.2, -0.15) is 0 Å². The van der Waals surface area contributed by atoms with Gasteiger partial charge in [0.15, 0.2) is 0 Å². The van der Waals surface area contributed by atoms with Gasteiger partial charge in [0.1, 0.15) is 5.82 Å². The molecule has 19 heavy (non-hydrogen) atoms. The number of hydrogen-bond donors (Lipinski definition) is 0. The number of rotatable bonds is 4. The van der Waals surface area contributed by atoms with Crippen LogP contribution in [0.4, 0.5) is 0 Å². The number of ether oxygens (including phenoxy) is 1. The van der Waals surface area contributed by atoms with Crippen LogP contribution in [0.2, 0.25) is 0 Å². The quantitative estimate of drug-likeness (QED) is 0.783. The maximum absolute atomic E-state index is 11.9. The zero-order chi connectivity index (χ0) is 13.8. The van der Waals surface area contributed by atoms with E-state index in [9.17, 15) is 4.79 Å². The van der Waals surface area contributed by atoms with E-state index in [2.05, 4.69) is 15.2 Å². The summed E-state index contributed by atoms with van der Waals surface area (Å²) in [5.41, 5.74) is 1.03.